The van der Waals surface area contributed by atoms with Crippen molar-refractivity contribution in [3.63, 3.8) is 0 Å². The van der Waals surface area contributed by atoms with Crippen LogP contribution in [0.2, 0.25) is 0 Å². The Morgan fingerprint density at radius 3 is 2.40 bits per heavy atom. The minimum Gasteiger partial charge on any atom is -0.321 e. The van der Waals surface area contributed by atoms with Crippen LogP contribution in [-0.2, 0) is 0 Å². The van der Waals surface area contributed by atoms with E-state index in [0.29, 0.717) is 5.39 Å². The highest BCUT2D eigenvalue weighted by atomic mass is 32.1. The molecule has 2 aromatic carbocycles. The number of fused-ring (bicyclic) bond motifs is 4. The average Bonchev–Trinajstić information content (AvgIpc) is 2.47. The zero-order valence-corrected chi connectivity index (χ0v) is 11.2. The lowest BCUT2D eigenvalue weighted by Gasteiger charge is -2.04. The summed E-state index contributed by atoms with van der Waals surface area (Å²) in [5.74, 6) is 0. The molecule has 3 nitrogen and oxygen atoms in total. The van der Waals surface area contributed by atoms with Crippen LogP contribution in [-0.4, -0.2) is 4.98 Å². The predicted octanol–water partition coefficient (Wildman–Crippen LogP) is 3.26. The third-order valence-electron chi connectivity index (χ3n) is 3.44. The first-order valence-electron chi connectivity index (χ1n) is 6.22. The molecule has 0 aliphatic carbocycles. The first-order valence-corrected chi connectivity index (χ1v) is 7.04. The van der Waals surface area contributed by atoms with Crippen molar-refractivity contribution >= 4 is 42.4 Å². The molecule has 0 amide bonds. The molecule has 1 N–H and O–H groups in total. The molecule has 0 radical (unpaired) electrons. The normalized spacial score (nSPS) is 11.4. The molecule has 2 aromatic heterocycles. The SMILES string of the molecule is O=c1[nH]c2ccccc2c2sc3ccccc3c(=O)c12. The largest absolute Gasteiger partial charge is 0.321 e. The molecule has 4 rings (SSSR count). The van der Waals surface area contributed by atoms with Gasteiger partial charge in [-0.2, -0.15) is 0 Å². The number of aromatic amines is 1. The summed E-state index contributed by atoms with van der Waals surface area (Å²) in [7, 11) is 0. The molecule has 0 saturated heterocycles. The maximum Gasteiger partial charge on any atom is 0.261 e. The summed E-state index contributed by atoms with van der Waals surface area (Å²) in [5, 5.41) is 1.77. The van der Waals surface area contributed by atoms with Gasteiger partial charge in [0.25, 0.3) is 5.56 Å². The molecule has 96 valence electrons. The molecule has 20 heavy (non-hydrogen) atoms. The second-order valence-electron chi connectivity index (χ2n) is 4.63. The Kier molecular flexibility index (Phi) is 2.28. The molecular weight excluding hydrogens is 270 g/mol. The van der Waals surface area contributed by atoms with Crippen molar-refractivity contribution in [2.45, 2.75) is 0 Å². The lowest BCUT2D eigenvalue weighted by atomic mass is 10.1. The molecule has 4 aromatic rings. The molecule has 0 aliphatic rings. The van der Waals surface area contributed by atoms with Gasteiger partial charge in [-0.05, 0) is 18.2 Å². The quantitative estimate of drug-likeness (QED) is 0.397. The van der Waals surface area contributed by atoms with E-state index in [-0.39, 0.29) is 16.4 Å². The fourth-order valence-electron chi connectivity index (χ4n) is 2.51. The second-order valence-corrected chi connectivity index (χ2v) is 5.68. The molecule has 0 saturated carbocycles. The zero-order valence-electron chi connectivity index (χ0n) is 10.3. The molecule has 0 bridgehead atoms. The highest BCUT2D eigenvalue weighted by molar-refractivity contribution is 7.25. The van der Waals surface area contributed by atoms with Gasteiger partial charge in [0, 0.05) is 21.0 Å². The van der Waals surface area contributed by atoms with Crippen LogP contribution in [0.4, 0.5) is 0 Å². The molecule has 0 unspecified atom stereocenters. The fourth-order valence-corrected chi connectivity index (χ4v) is 3.73. The summed E-state index contributed by atoms with van der Waals surface area (Å²) >= 11 is 1.49. The van der Waals surface area contributed by atoms with Crippen molar-refractivity contribution in [1.29, 1.82) is 0 Å². The summed E-state index contributed by atoms with van der Waals surface area (Å²) in [6.45, 7) is 0. The van der Waals surface area contributed by atoms with Crippen LogP contribution < -0.4 is 11.0 Å². The monoisotopic (exact) mass is 279 g/mol. The fraction of sp³-hybridized carbons (Fsp3) is 0. The van der Waals surface area contributed by atoms with Crippen molar-refractivity contribution in [1.82, 2.24) is 4.98 Å². The van der Waals surface area contributed by atoms with Crippen molar-refractivity contribution in [3.8, 4) is 0 Å². The van der Waals surface area contributed by atoms with Crippen LogP contribution >= 0.6 is 11.3 Å². The average molecular weight is 279 g/mol. The summed E-state index contributed by atoms with van der Waals surface area (Å²) in [6.07, 6.45) is 0. The number of aromatic nitrogens is 1. The summed E-state index contributed by atoms with van der Waals surface area (Å²) in [4.78, 5) is 27.5. The minimum absolute atomic E-state index is 0.193. The van der Waals surface area contributed by atoms with Crippen LogP contribution in [0.15, 0.2) is 58.1 Å². The molecule has 0 fully saturated rings. The van der Waals surface area contributed by atoms with Gasteiger partial charge in [0.2, 0.25) is 5.43 Å². The number of hydrogen-bond donors (Lipinski definition) is 1. The Labute approximate surface area is 117 Å². The number of hydrogen-bond acceptors (Lipinski definition) is 3. The van der Waals surface area contributed by atoms with Gasteiger partial charge >= 0.3 is 0 Å². The predicted molar refractivity (Wildman–Crippen MR) is 83.7 cm³/mol. The first kappa shape index (κ1) is 11.4. The topological polar surface area (TPSA) is 49.9 Å². The third kappa shape index (κ3) is 1.45. The van der Waals surface area contributed by atoms with Gasteiger partial charge in [-0.1, -0.05) is 30.3 Å². The van der Waals surface area contributed by atoms with Crippen molar-refractivity contribution < 1.29 is 0 Å². The van der Waals surface area contributed by atoms with Gasteiger partial charge in [-0.3, -0.25) is 9.59 Å². The van der Waals surface area contributed by atoms with Gasteiger partial charge in [0.05, 0.1) is 4.70 Å². The Morgan fingerprint density at radius 2 is 1.55 bits per heavy atom. The Hall–Kier alpha value is -2.46. The van der Waals surface area contributed by atoms with Crippen LogP contribution in [0.25, 0.3) is 31.1 Å². The molecular formula is C16H9NO2S. The van der Waals surface area contributed by atoms with Crippen LogP contribution in [0, 0.1) is 0 Å². The second kappa shape index (κ2) is 4.02. The zero-order chi connectivity index (χ0) is 13.7. The van der Waals surface area contributed by atoms with E-state index >= 15 is 0 Å². The molecule has 0 spiro atoms. The van der Waals surface area contributed by atoms with E-state index in [4.69, 9.17) is 0 Å². The van der Waals surface area contributed by atoms with Gasteiger partial charge in [0.15, 0.2) is 0 Å². The van der Waals surface area contributed by atoms with E-state index < -0.39 is 0 Å². The summed E-state index contributed by atoms with van der Waals surface area (Å²) < 4.78 is 1.66. The van der Waals surface area contributed by atoms with Crippen LogP contribution in [0.3, 0.4) is 0 Å². The first-order chi connectivity index (χ1) is 9.75. The standard InChI is InChI=1S/C16H9NO2S/c18-14-10-6-2-4-8-12(10)20-15-9-5-1-3-7-11(9)17-16(19)13(14)15/h1-8H,(H,17,19). The number of benzene rings is 2. The van der Waals surface area contributed by atoms with E-state index in [1.807, 2.05) is 42.5 Å². The number of pyridine rings is 1. The van der Waals surface area contributed by atoms with Crippen LogP contribution in [0.5, 0.6) is 0 Å². The van der Waals surface area contributed by atoms with Gasteiger partial charge in [-0.25, -0.2) is 0 Å². The van der Waals surface area contributed by atoms with Crippen molar-refractivity contribution in [3.05, 3.63) is 69.1 Å². The van der Waals surface area contributed by atoms with Gasteiger partial charge in [-0.15, -0.1) is 11.3 Å². The van der Waals surface area contributed by atoms with Gasteiger partial charge < -0.3 is 4.98 Å². The van der Waals surface area contributed by atoms with Crippen molar-refractivity contribution in [2.24, 2.45) is 0 Å². The Morgan fingerprint density at radius 1 is 0.850 bits per heavy atom. The molecule has 0 aliphatic heterocycles. The highest BCUT2D eigenvalue weighted by Gasteiger charge is 2.12. The number of nitrogens with one attached hydrogen (secondary N) is 1. The van der Waals surface area contributed by atoms with Gasteiger partial charge in [0.1, 0.15) is 5.39 Å². The van der Waals surface area contributed by atoms with E-state index in [0.717, 1.165) is 20.3 Å². The lowest BCUT2D eigenvalue weighted by molar-refractivity contribution is 1.34. The van der Waals surface area contributed by atoms with E-state index in [2.05, 4.69) is 4.98 Å². The summed E-state index contributed by atoms with van der Waals surface area (Å²) in [5.41, 5.74) is 0.253. The van der Waals surface area contributed by atoms with E-state index in [1.165, 1.54) is 11.3 Å². The molecule has 0 atom stereocenters. The third-order valence-corrected chi connectivity index (χ3v) is 4.65. The summed E-state index contributed by atoms with van der Waals surface area (Å²) in [6, 6.07) is 15.0. The minimum atomic E-state index is -0.314. The maximum atomic E-state index is 12.5. The number of rotatable bonds is 0. The molecule has 4 heteroatoms. The number of H-pyrrole nitrogens is 1. The van der Waals surface area contributed by atoms with Crippen LogP contribution in [0.1, 0.15) is 0 Å². The smallest absolute Gasteiger partial charge is 0.261 e. The van der Waals surface area contributed by atoms with E-state index in [1.54, 1.807) is 6.07 Å². The number of para-hydroxylation sites is 1. The Bertz CT molecular complexity index is 1090. The molecule has 2 heterocycles. The van der Waals surface area contributed by atoms with Crippen molar-refractivity contribution in [2.75, 3.05) is 0 Å². The maximum absolute atomic E-state index is 12.5. The Balaban J connectivity index is 2.43. The van der Waals surface area contributed by atoms with E-state index in [9.17, 15) is 9.59 Å². The highest BCUT2D eigenvalue weighted by Crippen LogP contribution is 2.27. The lowest BCUT2D eigenvalue weighted by Crippen LogP contribution is -2.15.